The molecule has 1 aliphatic rings. The van der Waals surface area contributed by atoms with Crippen molar-refractivity contribution in [1.29, 1.82) is 0 Å². The van der Waals surface area contributed by atoms with Crippen molar-refractivity contribution in [2.45, 2.75) is 31.9 Å². The molecule has 0 amide bonds. The average Bonchev–Trinajstić information content (AvgIpc) is 2.99. The van der Waals surface area contributed by atoms with E-state index in [9.17, 15) is 0 Å². The molecule has 0 saturated carbocycles. The first-order chi connectivity index (χ1) is 9.13. The van der Waals surface area contributed by atoms with Crippen LogP contribution in [0, 0.1) is 0 Å². The van der Waals surface area contributed by atoms with Gasteiger partial charge in [-0.2, -0.15) is 0 Å². The first-order valence-corrected chi connectivity index (χ1v) is 6.38. The highest BCUT2D eigenvalue weighted by Crippen LogP contribution is 2.35. The Morgan fingerprint density at radius 3 is 2.89 bits per heavy atom. The highest BCUT2D eigenvalue weighted by atomic mass is 16.5. The summed E-state index contributed by atoms with van der Waals surface area (Å²) in [6, 6.07) is 7.62. The summed E-state index contributed by atoms with van der Waals surface area (Å²) >= 11 is 0. The molecule has 19 heavy (non-hydrogen) atoms. The first-order valence-electron chi connectivity index (χ1n) is 6.38. The van der Waals surface area contributed by atoms with E-state index in [0.29, 0.717) is 11.5 Å². The minimum absolute atomic E-state index is 0.0692. The van der Waals surface area contributed by atoms with Gasteiger partial charge in [-0.25, -0.2) is 4.68 Å². The lowest BCUT2D eigenvalue weighted by Gasteiger charge is -2.28. The summed E-state index contributed by atoms with van der Waals surface area (Å²) in [5, 5.41) is 12.1. The Balaban J connectivity index is 2.11. The van der Waals surface area contributed by atoms with E-state index in [2.05, 4.69) is 22.4 Å². The van der Waals surface area contributed by atoms with Gasteiger partial charge < -0.3 is 10.5 Å². The van der Waals surface area contributed by atoms with Gasteiger partial charge in [0.2, 0.25) is 0 Å². The number of nitrogen functional groups attached to an aromatic ring is 1. The fourth-order valence-electron chi connectivity index (χ4n) is 2.50. The van der Waals surface area contributed by atoms with Crippen molar-refractivity contribution in [3.63, 3.8) is 0 Å². The number of ether oxygens (including phenoxy) is 1. The van der Waals surface area contributed by atoms with Gasteiger partial charge in [-0.15, -0.1) is 5.10 Å². The van der Waals surface area contributed by atoms with Crippen molar-refractivity contribution in [2.75, 3.05) is 12.3 Å². The van der Waals surface area contributed by atoms with E-state index >= 15 is 0 Å². The lowest BCUT2D eigenvalue weighted by molar-refractivity contribution is 0.0706. The molecule has 0 spiro atoms. The van der Waals surface area contributed by atoms with E-state index in [1.807, 2.05) is 35.9 Å². The molecule has 1 saturated heterocycles. The van der Waals surface area contributed by atoms with Gasteiger partial charge in [0.05, 0.1) is 11.6 Å². The Hall–Kier alpha value is -1.95. The van der Waals surface area contributed by atoms with Gasteiger partial charge in [-0.3, -0.25) is 0 Å². The second kappa shape index (κ2) is 4.31. The molecule has 100 valence electrons. The minimum Gasteiger partial charge on any atom is -0.398 e. The van der Waals surface area contributed by atoms with E-state index in [-0.39, 0.29) is 11.6 Å². The van der Waals surface area contributed by atoms with Crippen LogP contribution in [0.5, 0.6) is 0 Å². The molecule has 1 aromatic heterocycles. The average molecular weight is 259 g/mol. The molecule has 2 aromatic rings. The zero-order valence-corrected chi connectivity index (χ0v) is 11.1. The maximum atomic E-state index is 6.02. The fourth-order valence-corrected chi connectivity index (χ4v) is 2.50. The third-order valence-electron chi connectivity index (χ3n) is 4.01. The molecule has 2 atom stereocenters. The number of nitrogens with two attached hydrogens (primary N) is 1. The number of anilines is 1. The molecule has 2 N–H and O–H groups in total. The van der Waals surface area contributed by atoms with Crippen LogP contribution in [0.4, 0.5) is 5.69 Å². The van der Waals surface area contributed by atoms with Crippen LogP contribution in [-0.2, 0) is 10.3 Å². The summed E-state index contributed by atoms with van der Waals surface area (Å²) in [4.78, 5) is 0. The number of tetrazole rings is 1. The second-order valence-corrected chi connectivity index (χ2v) is 5.12. The molecule has 1 aromatic carbocycles. The number of aromatic nitrogens is 4. The maximum absolute atomic E-state index is 6.02. The van der Waals surface area contributed by atoms with Gasteiger partial charge >= 0.3 is 0 Å². The Morgan fingerprint density at radius 1 is 1.42 bits per heavy atom. The number of para-hydroxylation sites is 1. The van der Waals surface area contributed by atoms with E-state index in [1.54, 1.807) is 0 Å². The van der Waals surface area contributed by atoms with Gasteiger partial charge in [0, 0.05) is 17.9 Å². The topological polar surface area (TPSA) is 78.8 Å². The van der Waals surface area contributed by atoms with Crippen LogP contribution >= 0.6 is 0 Å². The van der Waals surface area contributed by atoms with Crippen LogP contribution in [0.2, 0.25) is 0 Å². The third-order valence-corrected chi connectivity index (χ3v) is 4.01. The lowest BCUT2D eigenvalue weighted by atomic mass is 9.94. The molecule has 3 rings (SSSR count). The summed E-state index contributed by atoms with van der Waals surface area (Å²) in [6.07, 6.45) is 0.957. The summed E-state index contributed by atoms with van der Waals surface area (Å²) in [7, 11) is 0. The van der Waals surface area contributed by atoms with Crippen LogP contribution in [0.1, 0.15) is 20.3 Å². The molecule has 6 nitrogen and oxygen atoms in total. The maximum Gasteiger partial charge on any atom is 0.184 e. The minimum atomic E-state index is -0.235. The quantitative estimate of drug-likeness (QED) is 0.826. The third kappa shape index (κ3) is 1.79. The van der Waals surface area contributed by atoms with Gasteiger partial charge in [0.25, 0.3) is 0 Å². The number of benzene rings is 1. The Labute approximate surface area is 111 Å². The van der Waals surface area contributed by atoms with Crippen molar-refractivity contribution in [1.82, 2.24) is 20.2 Å². The van der Waals surface area contributed by atoms with Gasteiger partial charge in [-0.1, -0.05) is 12.1 Å². The summed E-state index contributed by atoms with van der Waals surface area (Å²) < 4.78 is 7.51. The molecule has 1 fully saturated rings. The van der Waals surface area contributed by atoms with Crippen molar-refractivity contribution in [2.24, 2.45) is 0 Å². The van der Waals surface area contributed by atoms with E-state index in [1.165, 1.54) is 0 Å². The highest BCUT2D eigenvalue weighted by molar-refractivity contribution is 5.71. The van der Waals surface area contributed by atoms with E-state index in [0.717, 1.165) is 18.6 Å². The number of hydrogen-bond donors (Lipinski definition) is 1. The largest absolute Gasteiger partial charge is 0.398 e. The van der Waals surface area contributed by atoms with Crippen molar-refractivity contribution in [3.8, 4) is 11.4 Å². The van der Waals surface area contributed by atoms with Gasteiger partial charge in [0.15, 0.2) is 5.82 Å². The van der Waals surface area contributed by atoms with Crippen molar-refractivity contribution >= 4 is 5.69 Å². The number of hydrogen-bond acceptors (Lipinski definition) is 5. The molecule has 6 heteroatoms. The summed E-state index contributed by atoms with van der Waals surface area (Å²) in [5.41, 5.74) is 7.31. The van der Waals surface area contributed by atoms with Gasteiger partial charge in [-0.05, 0) is 42.8 Å². The molecule has 0 aliphatic carbocycles. The molecule has 1 aliphatic heterocycles. The molecule has 0 radical (unpaired) electrons. The predicted molar refractivity (Wildman–Crippen MR) is 71.3 cm³/mol. The monoisotopic (exact) mass is 259 g/mol. The second-order valence-electron chi connectivity index (χ2n) is 5.12. The Bertz CT molecular complexity index is 596. The summed E-state index contributed by atoms with van der Waals surface area (Å²) in [5.74, 6) is 0.693. The molecule has 2 unspecified atom stereocenters. The smallest absolute Gasteiger partial charge is 0.184 e. The Kier molecular flexibility index (Phi) is 2.74. The fraction of sp³-hybridized carbons (Fsp3) is 0.462. The Morgan fingerprint density at radius 2 is 2.21 bits per heavy atom. The molecule has 2 heterocycles. The normalized spacial score (nSPS) is 26.7. The lowest BCUT2D eigenvalue weighted by Crippen LogP contribution is -2.38. The van der Waals surface area contributed by atoms with Crippen molar-refractivity contribution in [3.05, 3.63) is 24.3 Å². The van der Waals surface area contributed by atoms with Crippen LogP contribution in [-0.4, -0.2) is 32.9 Å². The van der Waals surface area contributed by atoms with E-state index < -0.39 is 0 Å². The predicted octanol–water partition coefficient (Wildman–Crippen LogP) is 1.45. The van der Waals surface area contributed by atoms with Crippen LogP contribution in [0.25, 0.3) is 11.4 Å². The highest BCUT2D eigenvalue weighted by Gasteiger charge is 2.41. The zero-order valence-electron chi connectivity index (χ0n) is 11.1. The van der Waals surface area contributed by atoms with Crippen LogP contribution in [0.3, 0.4) is 0 Å². The molecular weight excluding hydrogens is 242 g/mol. The van der Waals surface area contributed by atoms with Gasteiger partial charge in [0.1, 0.15) is 0 Å². The molecule has 0 bridgehead atoms. The van der Waals surface area contributed by atoms with Crippen LogP contribution in [0.15, 0.2) is 24.3 Å². The van der Waals surface area contributed by atoms with E-state index in [4.69, 9.17) is 10.5 Å². The first kappa shape index (κ1) is 12.1. The standard InChI is InChI=1S/C13H17N5O/c1-9-13(2,7-8-19-9)18-12(15-16-17-18)10-5-3-4-6-11(10)14/h3-6,9H,7-8,14H2,1-2H3. The number of nitrogens with zero attached hydrogens (tertiary/aromatic N) is 4. The SMILES string of the molecule is CC1OCCC1(C)n1nnnc1-c1ccccc1N. The number of rotatable bonds is 2. The summed E-state index contributed by atoms with van der Waals surface area (Å²) in [6.45, 7) is 4.89. The van der Waals surface area contributed by atoms with Crippen LogP contribution < -0.4 is 5.73 Å². The molecular formula is C13H17N5O. The van der Waals surface area contributed by atoms with Crippen molar-refractivity contribution < 1.29 is 4.74 Å². The zero-order chi connectivity index (χ0) is 13.5.